The van der Waals surface area contributed by atoms with Gasteiger partial charge in [0.15, 0.2) is 5.82 Å². The average molecular weight is 317 g/mol. The number of carboxylic acid groups (broad SMARTS) is 1. The summed E-state index contributed by atoms with van der Waals surface area (Å²) in [5, 5.41) is 8.06. The number of rotatable bonds is 5. The zero-order valence-electron chi connectivity index (χ0n) is 11.3. The normalized spacial score (nSPS) is 17.8. The van der Waals surface area contributed by atoms with Gasteiger partial charge in [-0.25, -0.2) is 17.8 Å². The van der Waals surface area contributed by atoms with Crippen LogP contribution >= 0.6 is 0 Å². The minimum atomic E-state index is -3.94. The van der Waals surface area contributed by atoms with Crippen LogP contribution in [0.4, 0.5) is 4.39 Å². The molecule has 0 amide bonds. The van der Waals surface area contributed by atoms with Crippen molar-refractivity contribution in [2.24, 2.45) is 0 Å². The van der Waals surface area contributed by atoms with Crippen molar-refractivity contribution in [1.82, 2.24) is 14.2 Å². The molecule has 0 atom stereocenters. The summed E-state index contributed by atoms with van der Waals surface area (Å²) in [5.74, 6) is -1.76. The van der Waals surface area contributed by atoms with E-state index >= 15 is 0 Å². The van der Waals surface area contributed by atoms with Crippen LogP contribution in [-0.4, -0.2) is 66.4 Å². The van der Waals surface area contributed by atoms with Crippen molar-refractivity contribution in [2.45, 2.75) is 11.4 Å². The summed E-state index contributed by atoms with van der Waals surface area (Å²) < 4.78 is 39.3. The lowest BCUT2D eigenvalue weighted by molar-refractivity contribution is -0.137. The van der Waals surface area contributed by atoms with E-state index in [1.807, 2.05) is 4.90 Å². The maximum atomic E-state index is 13.6. The van der Waals surface area contributed by atoms with E-state index in [0.717, 1.165) is 6.07 Å². The summed E-state index contributed by atoms with van der Waals surface area (Å²) >= 11 is 0. The fourth-order valence-corrected chi connectivity index (χ4v) is 3.53. The van der Waals surface area contributed by atoms with Gasteiger partial charge in [0.25, 0.3) is 10.0 Å². The first-order valence-corrected chi connectivity index (χ1v) is 7.90. The number of sulfonamides is 1. The Morgan fingerprint density at radius 2 is 2.00 bits per heavy atom. The van der Waals surface area contributed by atoms with Gasteiger partial charge in [0.05, 0.1) is 6.42 Å². The highest BCUT2D eigenvalue weighted by molar-refractivity contribution is 7.89. The monoisotopic (exact) mass is 317 g/mol. The molecule has 1 aliphatic rings. The summed E-state index contributed by atoms with van der Waals surface area (Å²) in [7, 11) is -3.94. The molecule has 1 aromatic rings. The standard InChI is InChI=1S/C12H16FN3O4S/c13-10-2-1-4-14-12(10)21(19,20)16-8-6-15(7-9-16)5-3-11(17)18/h1-2,4H,3,5-9H2,(H,17,18). The van der Waals surface area contributed by atoms with Crippen molar-refractivity contribution in [3.63, 3.8) is 0 Å². The Hall–Kier alpha value is -1.58. The Morgan fingerprint density at radius 3 is 2.57 bits per heavy atom. The zero-order valence-corrected chi connectivity index (χ0v) is 12.1. The first-order valence-electron chi connectivity index (χ1n) is 6.46. The van der Waals surface area contributed by atoms with Gasteiger partial charge in [-0.2, -0.15) is 4.31 Å². The SMILES string of the molecule is O=C(O)CCN1CCN(S(=O)(=O)c2ncccc2F)CC1. The molecule has 0 unspecified atom stereocenters. The first kappa shape index (κ1) is 15.8. The third kappa shape index (κ3) is 3.74. The van der Waals surface area contributed by atoms with Crippen LogP contribution in [0.1, 0.15) is 6.42 Å². The lowest BCUT2D eigenvalue weighted by atomic mass is 10.3. The van der Waals surface area contributed by atoms with Crippen LogP contribution in [0.25, 0.3) is 0 Å². The van der Waals surface area contributed by atoms with Gasteiger partial charge in [-0.3, -0.25) is 4.79 Å². The van der Waals surface area contributed by atoms with E-state index in [4.69, 9.17) is 5.11 Å². The number of carboxylic acids is 1. The van der Waals surface area contributed by atoms with E-state index in [9.17, 15) is 17.6 Å². The van der Waals surface area contributed by atoms with Crippen molar-refractivity contribution in [1.29, 1.82) is 0 Å². The minimum Gasteiger partial charge on any atom is -0.481 e. The molecule has 116 valence electrons. The lowest BCUT2D eigenvalue weighted by Crippen LogP contribution is -2.49. The van der Waals surface area contributed by atoms with Gasteiger partial charge in [0, 0.05) is 38.9 Å². The van der Waals surface area contributed by atoms with E-state index in [0.29, 0.717) is 19.6 Å². The molecule has 1 N–H and O–H groups in total. The number of halogens is 1. The third-order valence-corrected chi connectivity index (χ3v) is 5.12. The molecule has 9 heteroatoms. The van der Waals surface area contributed by atoms with E-state index in [-0.39, 0.29) is 19.5 Å². The van der Waals surface area contributed by atoms with Crippen LogP contribution in [0.15, 0.2) is 23.4 Å². The number of nitrogens with zero attached hydrogens (tertiary/aromatic N) is 3. The number of carbonyl (C=O) groups is 1. The summed E-state index contributed by atoms with van der Waals surface area (Å²) in [6.45, 7) is 1.60. The van der Waals surface area contributed by atoms with Gasteiger partial charge >= 0.3 is 5.97 Å². The number of hydrogen-bond acceptors (Lipinski definition) is 5. The molecule has 0 spiro atoms. The topological polar surface area (TPSA) is 90.8 Å². The highest BCUT2D eigenvalue weighted by atomic mass is 32.2. The van der Waals surface area contributed by atoms with Gasteiger partial charge in [-0.1, -0.05) is 0 Å². The number of aromatic nitrogens is 1. The van der Waals surface area contributed by atoms with Crippen LogP contribution < -0.4 is 0 Å². The zero-order chi connectivity index (χ0) is 15.5. The quantitative estimate of drug-likeness (QED) is 0.822. The summed E-state index contributed by atoms with van der Waals surface area (Å²) in [6.07, 6.45) is 1.25. The van der Waals surface area contributed by atoms with Gasteiger partial charge in [-0.05, 0) is 12.1 Å². The van der Waals surface area contributed by atoms with Gasteiger partial charge in [0.1, 0.15) is 0 Å². The largest absolute Gasteiger partial charge is 0.481 e. The van der Waals surface area contributed by atoms with Crippen molar-refractivity contribution in [3.8, 4) is 0 Å². The molecular formula is C12H16FN3O4S. The maximum absolute atomic E-state index is 13.6. The third-order valence-electron chi connectivity index (χ3n) is 3.28. The molecule has 0 saturated carbocycles. The van der Waals surface area contributed by atoms with Crippen LogP contribution in [0.5, 0.6) is 0 Å². The van der Waals surface area contributed by atoms with Gasteiger partial charge < -0.3 is 10.0 Å². The van der Waals surface area contributed by atoms with E-state index in [1.165, 1.54) is 16.6 Å². The van der Waals surface area contributed by atoms with E-state index < -0.39 is 26.8 Å². The summed E-state index contributed by atoms with van der Waals surface area (Å²) in [5.41, 5.74) is 0. The van der Waals surface area contributed by atoms with Crippen molar-refractivity contribution < 1.29 is 22.7 Å². The first-order chi connectivity index (χ1) is 9.91. The molecule has 21 heavy (non-hydrogen) atoms. The maximum Gasteiger partial charge on any atom is 0.304 e. The van der Waals surface area contributed by atoms with Crippen molar-refractivity contribution in [2.75, 3.05) is 32.7 Å². The number of piperazine rings is 1. The van der Waals surface area contributed by atoms with Crippen LogP contribution in [0, 0.1) is 5.82 Å². The number of hydrogen-bond donors (Lipinski definition) is 1. The Balaban J connectivity index is 2.01. The van der Waals surface area contributed by atoms with E-state index in [2.05, 4.69) is 4.98 Å². The smallest absolute Gasteiger partial charge is 0.304 e. The lowest BCUT2D eigenvalue weighted by Gasteiger charge is -2.33. The summed E-state index contributed by atoms with van der Waals surface area (Å²) in [4.78, 5) is 16.0. The fraction of sp³-hybridized carbons (Fsp3) is 0.500. The fourth-order valence-electron chi connectivity index (χ4n) is 2.13. The van der Waals surface area contributed by atoms with Crippen molar-refractivity contribution in [3.05, 3.63) is 24.1 Å². The van der Waals surface area contributed by atoms with Crippen LogP contribution in [0.2, 0.25) is 0 Å². The minimum absolute atomic E-state index is 0.0155. The number of aliphatic carboxylic acids is 1. The molecule has 2 rings (SSSR count). The molecule has 7 nitrogen and oxygen atoms in total. The Kier molecular flexibility index (Phi) is 4.86. The highest BCUT2D eigenvalue weighted by Crippen LogP contribution is 2.18. The molecule has 0 aromatic carbocycles. The molecule has 2 heterocycles. The molecule has 1 aromatic heterocycles. The predicted octanol–water partition coefficient (Wildman–Crippen LogP) is 0.00170. The second-order valence-corrected chi connectivity index (χ2v) is 6.53. The van der Waals surface area contributed by atoms with E-state index in [1.54, 1.807) is 0 Å². The second kappa shape index (κ2) is 6.46. The predicted molar refractivity (Wildman–Crippen MR) is 71.6 cm³/mol. The number of pyridine rings is 1. The molecule has 0 aliphatic carbocycles. The second-order valence-electron chi connectivity index (χ2n) is 4.68. The van der Waals surface area contributed by atoms with Crippen LogP contribution in [-0.2, 0) is 14.8 Å². The molecule has 0 bridgehead atoms. The van der Waals surface area contributed by atoms with Gasteiger partial charge in [-0.15, -0.1) is 0 Å². The molecule has 1 aliphatic heterocycles. The molecule has 1 fully saturated rings. The Morgan fingerprint density at radius 1 is 1.33 bits per heavy atom. The van der Waals surface area contributed by atoms with Gasteiger partial charge in [0.2, 0.25) is 5.03 Å². The molecular weight excluding hydrogens is 301 g/mol. The van der Waals surface area contributed by atoms with Crippen LogP contribution in [0.3, 0.4) is 0 Å². The Bertz CT molecular complexity index is 615. The summed E-state index contributed by atoms with van der Waals surface area (Å²) in [6, 6.07) is 2.39. The average Bonchev–Trinajstić information content (AvgIpc) is 2.46. The molecule has 0 radical (unpaired) electrons. The Labute approximate surface area is 122 Å². The molecule has 1 saturated heterocycles. The highest BCUT2D eigenvalue weighted by Gasteiger charge is 2.31. The van der Waals surface area contributed by atoms with Crippen molar-refractivity contribution >= 4 is 16.0 Å².